The number of aromatic amines is 1. The molecule has 0 aliphatic heterocycles. The number of rotatable bonds is 2. The average molecular weight is 285 g/mol. The second kappa shape index (κ2) is 4.90. The molecule has 0 aliphatic rings. The number of nitrogens with zero attached hydrogens (tertiary/aromatic N) is 1. The molecule has 20 heavy (non-hydrogen) atoms. The summed E-state index contributed by atoms with van der Waals surface area (Å²) < 4.78 is 0. The van der Waals surface area contributed by atoms with E-state index < -0.39 is 11.5 Å². The van der Waals surface area contributed by atoms with Gasteiger partial charge in [0.05, 0.1) is 5.69 Å². The maximum absolute atomic E-state index is 12.1. The van der Waals surface area contributed by atoms with E-state index in [1.54, 1.807) is 12.1 Å². The van der Waals surface area contributed by atoms with E-state index in [2.05, 4.69) is 15.3 Å². The van der Waals surface area contributed by atoms with Gasteiger partial charge in [-0.05, 0) is 24.4 Å². The molecule has 6 heteroatoms. The molecule has 0 radical (unpaired) electrons. The smallest absolute Gasteiger partial charge is 0.263 e. The standard InChI is InChI=1S/C14H11N3O2S/c1-8-7-20-14(15-8)17-13(19)10-6-9-4-2-3-5-11(9)16-12(10)18/h2-7H,1H3,(H,16,18)(H,15,17,19). The first-order valence-corrected chi connectivity index (χ1v) is 6.87. The maximum atomic E-state index is 12.1. The van der Waals surface area contributed by atoms with E-state index in [1.165, 1.54) is 11.3 Å². The normalized spacial score (nSPS) is 10.7. The summed E-state index contributed by atoms with van der Waals surface area (Å²) in [4.78, 5) is 30.9. The molecule has 0 fully saturated rings. The number of aromatic nitrogens is 2. The number of H-pyrrole nitrogens is 1. The average Bonchev–Trinajstić information content (AvgIpc) is 2.83. The van der Waals surface area contributed by atoms with Crippen LogP contribution in [0.2, 0.25) is 0 Å². The summed E-state index contributed by atoms with van der Waals surface area (Å²) in [7, 11) is 0. The zero-order chi connectivity index (χ0) is 14.1. The molecule has 0 spiro atoms. The molecule has 0 saturated heterocycles. The number of anilines is 1. The molecule has 2 heterocycles. The summed E-state index contributed by atoms with van der Waals surface area (Å²) in [6.07, 6.45) is 0. The molecule has 0 unspecified atom stereocenters. The van der Waals surface area contributed by atoms with Crippen LogP contribution in [0.5, 0.6) is 0 Å². The molecular weight excluding hydrogens is 274 g/mol. The van der Waals surface area contributed by atoms with Gasteiger partial charge < -0.3 is 4.98 Å². The van der Waals surface area contributed by atoms with Crippen LogP contribution < -0.4 is 10.9 Å². The van der Waals surface area contributed by atoms with Gasteiger partial charge in [0.1, 0.15) is 5.56 Å². The van der Waals surface area contributed by atoms with Crippen molar-refractivity contribution in [2.75, 3.05) is 5.32 Å². The fraction of sp³-hybridized carbons (Fsp3) is 0.0714. The van der Waals surface area contributed by atoms with Crippen LogP contribution in [-0.4, -0.2) is 15.9 Å². The van der Waals surface area contributed by atoms with Gasteiger partial charge in [-0.25, -0.2) is 4.98 Å². The number of carbonyl (C=O) groups excluding carboxylic acids is 1. The molecule has 3 aromatic rings. The number of nitrogens with one attached hydrogen (secondary N) is 2. The quantitative estimate of drug-likeness (QED) is 0.759. The monoisotopic (exact) mass is 285 g/mol. The molecule has 3 rings (SSSR count). The molecule has 1 aromatic carbocycles. The minimum Gasteiger partial charge on any atom is -0.321 e. The lowest BCUT2D eigenvalue weighted by Crippen LogP contribution is -2.22. The molecule has 0 bridgehead atoms. The van der Waals surface area contributed by atoms with Crippen LogP contribution >= 0.6 is 11.3 Å². The second-order valence-corrected chi connectivity index (χ2v) is 5.21. The number of pyridine rings is 1. The molecule has 0 aliphatic carbocycles. The molecule has 0 saturated carbocycles. The summed E-state index contributed by atoms with van der Waals surface area (Å²) in [5, 5.41) is 5.77. The van der Waals surface area contributed by atoms with Crippen molar-refractivity contribution in [3.05, 3.63) is 57.3 Å². The minimum atomic E-state index is -0.452. The van der Waals surface area contributed by atoms with Crippen LogP contribution in [0.1, 0.15) is 16.1 Å². The van der Waals surface area contributed by atoms with E-state index >= 15 is 0 Å². The van der Waals surface area contributed by atoms with Gasteiger partial charge in [-0.15, -0.1) is 11.3 Å². The number of carbonyl (C=O) groups is 1. The van der Waals surface area contributed by atoms with Crippen molar-refractivity contribution < 1.29 is 4.79 Å². The Morgan fingerprint density at radius 3 is 2.90 bits per heavy atom. The third-order valence-electron chi connectivity index (χ3n) is 2.84. The summed E-state index contributed by atoms with van der Waals surface area (Å²) in [5.74, 6) is -0.452. The Hall–Kier alpha value is -2.47. The largest absolute Gasteiger partial charge is 0.321 e. The van der Waals surface area contributed by atoms with Crippen LogP contribution in [0, 0.1) is 6.92 Å². The lowest BCUT2D eigenvalue weighted by Gasteiger charge is -2.03. The van der Waals surface area contributed by atoms with Crippen molar-refractivity contribution in [1.29, 1.82) is 0 Å². The molecule has 5 nitrogen and oxygen atoms in total. The number of thiazole rings is 1. The topological polar surface area (TPSA) is 74.8 Å². The van der Waals surface area contributed by atoms with Gasteiger partial charge >= 0.3 is 0 Å². The zero-order valence-corrected chi connectivity index (χ0v) is 11.5. The Morgan fingerprint density at radius 2 is 2.15 bits per heavy atom. The van der Waals surface area contributed by atoms with Crippen LogP contribution in [0.3, 0.4) is 0 Å². The fourth-order valence-electron chi connectivity index (χ4n) is 1.89. The Kier molecular flexibility index (Phi) is 3.08. The van der Waals surface area contributed by atoms with Crippen molar-refractivity contribution in [3.63, 3.8) is 0 Å². The molecule has 0 atom stereocenters. The van der Waals surface area contributed by atoms with Crippen LogP contribution in [0.4, 0.5) is 5.13 Å². The molecule has 1 amide bonds. The van der Waals surface area contributed by atoms with E-state index in [1.807, 2.05) is 30.5 Å². The van der Waals surface area contributed by atoms with Gasteiger partial charge in [-0.2, -0.15) is 0 Å². The summed E-state index contributed by atoms with van der Waals surface area (Å²) >= 11 is 1.33. The number of aryl methyl sites for hydroxylation is 1. The first-order chi connectivity index (χ1) is 9.63. The van der Waals surface area contributed by atoms with Crippen LogP contribution in [0.15, 0.2) is 40.5 Å². The highest BCUT2D eigenvalue weighted by Gasteiger charge is 2.13. The van der Waals surface area contributed by atoms with Gasteiger partial charge in [-0.1, -0.05) is 18.2 Å². The molecular formula is C14H11N3O2S. The van der Waals surface area contributed by atoms with E-state index in [4.69, 9.17) is 0 Å². The van der Waals surface area contributed by atoms with Crippen molar-refractivity contribution in [3.8, 4) is 0 Å². The Morgan fingerprint density at radius 1 is 1.35 bits per heavy atom. The SMILES string of the molecule is Cc1csc(NC(=O)c2cc3ccccc3[nH]c2=O)n1. The van der Waals surface area contributed by atoms with Crippen molar-refractivity contribution in [2.24, 2.45) is 0 Å². The zero-order valence-electron chi connectivity index (χ0n) is 10.6. The van der Waals surface area contributed by atoms with Crippen molar-refractivity contribution in [2.45, 2.75) is 6.92 Å². The maximum Gasteiger partial charge on any atom is 0.263 e. The number of hydrogen-bond acceptors (Lipinski definition) is 4. The van der Waals surface area contributed by atoms with E-state index in [0.29, 0.717) is 10.6 Å². The highest BCUT2D eigenvalue weighted by Crippen LogP contribution is 2.16. The molecule has 2 aromatic heterocycles. The van der Waals surface area contributed by atoms with Crippen LogP contribution in [-0.2, 0) is 0 Å². The molecule has 100 valence electrons. The second-order valence-electron chi connectivity index (χ2n) is 4.35. The first kappa shape index (κ1) is 12.6. The summed E-state index contributed by atoms with van der Waals surface area (Å²) in [5.41, 5.74) is 1.21. The predicted octanol–water partition coefficient (Wildman–Crippen LogP) is 2.55. The summed E-state index contributed by atoms with van der Waals surface area (Å²) in [6.45, 7) is 1.84. The van der Waals surface area contributed by atoms with E-state index in [-0.39, 0.29) is 5.56 Å². The number of hydrogen-bond donors (Lipinski definition) is 2. The van der Waals surface area contributed by atoms with E-state index in [0.717, 1.165) is 11.1 Å². The van der Waals surface area contributed by atoms with E-state index in [9.17, 15) is 9.59 Å². The third kappa shape index (κ3) is 2.33. The van der Waals surface area contributed by atoms with Gasteiger partial charge in [0.25, 0.3) is 11.5 Å². The number of benzene rings is 1. The number of fused-ring (bicyclic) bond motifs is 1. The van der Waals surface area contributed by atoms with Gasteiger partial charge in [0.15, 0.2) is 5.13 Å². The van der Waals surface area contributed by atoms with Crippen molar-refractivity contribution in [1.82, 2.24) is 9.97 Å². The highest BCUT2D eigenvalue weighted by molar-refractivity contribution is 7.13. The third-order valence-corrected chi connectivity index (χ3v) is 3.71. The lowest BCUT2D eigenvalue weighted by molar-refractivity contribution is 0.102. The predicted molar refractivity (Wildman–Crippen MR) is 79.4 cm³/mol. The minimum absolute atomic E-state index is 0.0801. The number of amides is 1. The first-order valence-electron chi connectivity index (χ1n) is 5.99. The van der Waals surface area contributed by atoms with Gasteiger partial charge in [0, 0.05) is 10.9 Å². The highest BCUT2D eigenvalue weighted by atomic mass is 32.1. The van der Waals surface area contributed by atoms with Crippen molar-refractivity contribution >= 4 is 33.3 Å². The van der Waals surface area contributed by atoms with Gasteiger partial charge in [0.2, 0.25) is 0 Å². The fourth-order valence-corrected chi connectivity index (χ4v) is 2.58. The van der Waals surface area contributed by atoms with Gasteiger partial charge in [-0.3, -0.25) is 14.9 Å². The Bertz CT molecular complexity index is 851. The number of para-hydroxylation sites is 1. The Labute approximate surface area is 118 Å². The molecule has 2 N–H and O–H groups in total. The summed E-state index contributed by atoms with van der Waals surface area (Å²) in [6, 6.07) is 8.91. The Balaban J connectivity index is 1.98. The van der Waals surface area contributed by atoms with Crippen LogP contribution in [0.25, 0.3) is 10.9 Å². The lowest BCUT2D eigenvalue weighted by atomic mass is 10.1.